The molecule has 0 radical (unpaired) electrons. The first-order valence-corrected chi connectivity index (χ1v) is 6.72. The molecule has 3 N–H and O–H groups in total. The van der Waals surface area contributed by atoms with Gasteiger partial charge in [-0.2, -0.15) is 0 Å². The van der Waals surface area contributed by atoms with Gasteiger partial charge >= 0.3 is 0 Å². The largest absolute Gasteiger partial charge is 0.409 e. The Balaban J connectivity index is 3.10. The average Bonchev–Trinajstić information content (AvgIpc) is 2.34. The number of aryl methyl sites for hydroxylation is 1. The first-order valence-electron chi connectivity index (χ1n) is 6.72. The molecule has 4 nitrogen and oxygen atoms in total. The minimum atomic E-state index is 0.156. The lowest BCUT2D eigenvalue weighted by Crippen LogP contribution is -2.34. The van der Waals surface area contributed by atoms with Crippen LogP contribution in [0, 0.1) is 12.8 Å². The highest BCUT2D eigenvalue weighted by Gasteiger charge is 2.14. The Labute approximate surface area is 115 Å². The van der Waals surface area contributed by atoms with Gasteiger partial charge in [-0.15, -0.1) is 0 Å². The predicted molar refractivity (Wildman–Crippen MR) is 81.0 cm³/mol. The smallest absolute Gasteiger partial charge is 0.170 e. The molecule has 0 aliphatic rings. The SMILES string of the molecule is Cc1cc(N(CC(C)C)C(C)C)ccc1/C(N)=N/O. The van der Waals surface area contributed by atoms with Gasteiger partial charge < -0.3 is 15.8 Å². The van der Waals surface area contributed by atoms with Gasteiger partial charge in [-0.1, -0.05) is 19.0 Å². The number of amidine groups is 1. The topological polar surface area (TPSA) is 61.8 Å². The van der Waals surface area contributed by atoms with E-state index in [-0.39, 0.29) is 5.84 Å². The van der Waals surface area contributed by atoms with Crippen molar-refractivity contribution in [2.24, 2.45) is 16.8 Å². The van der Waals surface area contributed by atoms with E-state index in [4.69, 9.17) is 10.9 Å². The van der Waals surface area contributed by atoms with Crippen molar-refractivity contribution < 1.29 is 5.21 Å². The van der Waals surface area contributed by atoms with Crippen LogP contribution in [0.3, 0.4) is 0 Å². The van der Waals surface area contributed by atoms with Crippen LogP contribution in [0.1, 0.15) is 38.8 Å². The number of benzene rings is 1. The Morgan fingerprint density at radius 1 is 1.32 bits per heavy atom. The molecule has 0 heterocycles. The zero-order chi connectivity index (χ0) is 14.6. The van der Waals surface area contributed by atoms with Crippen LogP contribution in [0.15, 0.2) is 23.4 Å². The fourth-order valence-corrected chi connectivity index (χ4v) is 2.18. The summed E-state index contributed by atoms with van der Waals surface area (Å²) in [6.07, 6.45) is 0. The van der Waals surface area contributed by atoms with E-state index in [0.717, 1.165) is 17.7 Å². The number of hydrogen-bond acceptors (Lipinski definition) is 3. The number of nitrogens with zero attached hydrogens (tertiary/aromatic N) is 2. The second-order valence-electron chi connectivity index (χ2n) is 5.62. The Bertz CT molecular complexity index is 453. The molecule has 0 atom stereocenters. The molecule has 106 valence electrons. The fraction of sp³-hybridized carbons (Fsp3) is 0.533. The van der Waals surface area contributed by atoms with Crippen LogP contribution >= 0.6 is 0 Å². The summed E-state index contributed by atoms with van der Waals surface area (Å²) >= 11 is 0. The lowest BCUT2D eigenvalue weighted by atomic mass is 10.0. The molecule has 1 aromatic rings. The van der Waals surface area contributed by atoms with Crippen LogP contribution in [0.4, 0.5) is 5.69 Å². The highest BCUT2D eigenvalue weighted by molar-refractivity contribution is 5.98. The molecule has 0 fully saturated rings. The Morgan fingerprint density at radius 3 is 2.37 bits per heavy atom. The molecule has 0 aromatic heterocycles. The van der Waals surface area contributed by atoms with Gasteiger partial charge in [0.05, 0.1) is 0 Å². The number of anilines is 1. The molecule has 4 heteroatoms. The minimum Gasteiger partial charge on any atom is -0.409 e. The van der Waals surface area contributed by atoms with Gasteiger partial charge in [0.1, 0.15) is 0 Å². The Kier molecular flexibility index (Phi) is 5.21. The summed E-state index contributed by atoms with van der Waals surface area (Å²) < 4.78 is 0. The second kappa shape index (κ2) is 6.45. The molecule has 1 rings (SSSR count). The summed E-state index contributed by atoms with van der Waals surface area (Å²) in [4.78, 5) is 2.37. The van der Waals surface area contributed by atoms with Gasteiger partial charge in [0.25, 0.3) is 0 Å². The molecule has 0 spiro atoms. The lowest BCUT2D eigenvalue weighted by molar-refractivity contribution is 0.318. The van der Waals surface area contributed by atoms with E-state index in [1.54, 1.807) is 0 Å². The molecule has 0 aliphatic heterocycles. The number of rotatable bonds is 5. The fourth-order valence-electron chi connectivity index (χ4n) is 2.18. The van der Waals surface area contributed by atoms with Gasteiger partial charge in [0.15, 0.2) is 5.84 Å². The van der Waals surface area contributed by atoms with Crippen LogP contribution in [0.2, 0.25) is 0 Å². The Morgan fingerprint density at radius 2 is 1.95 bits per heavy atom. The zero-order valence-corrected chi connectivity index (χ0v) is 12.5. The average molecular weight is 263 g/mol. The van der Waals surface area contributed by atoms with Crippen LogP contribution in [0.25, 0.3) is 0 Å². The standard InChI is InChI=1S/C15H25N3O/c1-10(2)9-18(11(3)4)13-6-7-14(12(5)8-13)15(16)17-19/h6-8,10-11,19H,9H2,1-5H3,(H2,16,17). The Hall–Kier alpha value is -1.71. The van der Waals surface area contributed by atoms with Crippen LogP contribution < -0.4 is 10.6 Å². The molecule has 0 bridgehead atoms. The molecule has 0 saturated carbocycles. The summed E-state index contributed by atoms with van der Waals surface area (Å²) in [6, 6.07) is 6.48. The van der Waals surface area contributed by atoms with Crippen LogP contribution in [-0.4, -0.2) is 23.6 Å². The first-order chi connectivity index (χ1) is 8.86. The lowest BCUT2D eigenvalue weighted by Gasteiger charge is -2.31. The van der Waals surface area contributed by atoms with E-state index in [1.807, 2.05) is 19.1 Å². The molecular weight excluding hydrogens is 238 g/mol. The van der Waals surface area contributed by atoms with Crippen LogP contribution in [0.5, 0.6) is 0 Å². The van der Waals surface area contributed by atoms with E-state index in [2.05, 4.69) is 43.8 Å². The highest BCUT2D eigenvalue weighted by Crippen LogP contribution is 2.22. The maximum atomic E-state index is 8.75. The first kappa shape index (κ1) is 15.3. The third-order valence-electron chi connectivity index (χ3n) is 3.11. The monoisotopic (exact) mass is 263 g/mol. The van der Waals surface area contributed by atoms with E-state index >= 15 is 0 Å². The summed E-state index contributed by atoms with van der Waals surface area (Å²) in [5.41, 5.74) is 8.62. The molecule has 0 amide bonds. The summed E-state index contributed by atoms with van der Waals surface area (Å²) in [5, 5.41) is 11.8. The van der Waals surface area contributed by atoms with Gasteiger partial charge in [-0.05, 0) is 50.5 Å². The minimum absolute atomic E-state index is 0.156. The van der Waals surface area contributed by atoms with Gasteiger partial charge in [-0.25, -0.2) is 0 Å². The van der Waals surface area contributed by atoms with Crippen molar-refractivity contribution in [3.63, 3.8) is 0 Å². The summed E-state index contributed by atoms with van der Waals surface area (Å²) in [7, 11) is 0. The molecule has 19 heavy (non-hydrogen) atoms. The van der Waals surface area contributed by atoms with E-state index in [1.165, 1.54) is 5.69 Å². The maximum absolute atomic E-state index is 8.75. The molecular formula is C15H25N3O. The molecule has 1 aromatic carbocycles. The van der Waals surface area contributed by atoms with Gasteiger partial charge in [0.2, 0.25) is 0 Å². The maximum Gasteiger partial charge on any atom is 0.170 e. The zero-order valence-electron chi connectivity index (χ0n) is 12.5. The van der Waals surface area contributed by atoms with E-state index < -0.39 is 0 Å². The van der Waals surface area contributed by atoms with Crippen LogP contribution in [-0.2, 0) is 0 Å². The number of oxime groups is 1. The quantitative estimate of drug-likeness (QED) is 0.371. The highest BCUT2D eigenvalue weighted by atomic mass is 16.4. The van der Waals surface area contributed by atoms with Gasteiger partial charge in [0, 0.05) is 23.8 Å². The van der Waals surface area contributed by atoms with Crippen molar-refractivity contribution >= 4 is 11.5 Å². The van der Waals surface area contributed by atoms with E-state index in [9.17, 15) is 0 Å². The van der Waals surface area contributed by atoms with Crippen molar-refractivity contribution in [2.45, 2.75) is 40.7 Å². The molecule has 0 unspecified atom stereocenters. The predicted octanol–water partition coefficient (Wildman–Crippen LogP) is 2.96. The second-order valence-corrected chi connectivity index (χ2v) is 5.62. The van der Waals surface area contributed by atoms with E-state index in [0.29, 0.717) is 12.0 Å². The van der Waals surface area contributed by atoms with Crippen molar-refractivity contribution in [2.75, 3.05) is 11.4 Å². The number of hydrogen-bond donors (Lipinski definition) is 2. The summed E-state index contributed by atoms with van der Waals surface area (Å²) in [5.74, 6) is 0.760. The molecule has 0 saturated heterocycles. The number of nitrogens with two attached hydrogens (primary N) is 1. The van der Waals surface area contributed by atoms with Gasteiger partial charge in [-0.3, -0.25) is 0 Å². The van der Waals surface area contributed by atoms with Crippen molar-refractivity contribution in [3.8, 4) is 0 Å². The van der Waals surface area contributed by atoms with Crippen molar-refractivity contribution in [3.05, 3.63) is 29.3 Å². The van der Waals surface area contributed by atoms with Crippen molar-refractivity contribution in [1.29, 1.82) is 0 Å². The molecule has 0 aliphatic carbocycles. The normalized spacial score (nSPS) is 12.3. The van der Waals surface area contributed by atoms with Crippen molar-refractivity contribution in [1.82, 2.24) is 0 Å². The third kappa shape index (κ3) is 3.88. The third-order valence-corrected chi connectivity index (χ3v) is 3.11. The summed E-state index contributed by atoms with van der Waals surface area (Å²) in [6.45, 7) is 11.8.